The van der Waals surface area contributed by atoms with Crippen molar-refractivity contribution in [1.29, 1.82) is 0 Å². The lowest BCUT2D eigenvalue weighted by Crippen LogP contribution is -2.30. The van der Waals surface area contributed by atoms with E-state index in [1.165, 1.54) is 0 Å². The molecule has 6 nitrogen and oxygen atoms in total. The van der Waals surface area contributed by atoms with Crippen molar-refractivity contribution < 1.29 is 9.32 Å². The van der Waals surface area contributed by atoms with E-state index in [9.17, 15) is 4.79 Å². The molecule has 2 amide bonds. The van der Waals surface area contributed by atoms with Crippen molar-refractivity contribution >= 4 is 11.7 Å². The molecule has 124 valence electrons. The molecule has 23 heavy (non-hydrogen) atoms. The van der Waals surface area contributed by atoms with Gasteiger partial charge in [0.05, 0.1) is 0 Å². The number of hydrogen-bond donors (Lipinski definition) is 2. The number of carbonyl (C=O) groups is 1. The Hall–Kier alpha value is -2.37. The third-order valence-electron chi connectivity index (χ3n) is 3.36. The van der Waals surface area contributed by atoms with Gasteiger partial charge in [-0.2, -0.15) is 4.98 Å². The first kappa shape index (κ1) is 17.0. The van der Waals surface area contributed by atoms with Crippen LogP contribution in [0, 0.1) is 5.92 Å². The van der Waals surface area contributed by atoms with Gasteiger partial charge >= 0.3 is 6.03 Å². The van der Waals surface area contributed by atoms with Crippen LogP contribution >= 0.6 is 0 Å². The van der Waals surface area contributed by atoms with Crippen LogP contribution in [-0.2, 0) is 0 Å². The van der Waals surface area contributed by atoms with Crippen molar-refractivity contribution in [1.82, 2.24) is 15.5 Å². The van der Waals surface area contributed by atoms with Crippen LogP contribution in [0.5, 0.6) is 0 Å². The number of nitrogens with zero attached hydrogens (tertiary/aromatic N) is 2. The number of nitrogens with one attached hydrogen (secondary N) is 2. The Morgan fingerprint density at radius 3 is 2.43 bits per heavy atom. The number of rotatable bonds is 6. The van der Waals surface area contributed by atoms with E-state index in [1.54, 1.807) is 0 Å². The van der Waals surface area contributed by atoms with Gasteiger partial charge in [0.1, 0.15) is 0 Å². The van der Waals surface area contributed by atoms with Crippen LogP contribution in [0.15, 0.2) is 28.8 Å². The number of anilines is 1. The lowest BCUT2D eigenvalue weighted by Gasteiger charge is -2.09. The van der Waals surface area contributed by atoms with Gasteiger partial charge < -0.3 is 15.2 Å². The molecule has 2 aromatic rings. The lowest BCUT2D eigenvalue weighted by molar-refractivity contribution is 0.251. The molecule has 2 rings (SSSR count). The minimum atomic E-state index is -0.196. The molecule has 1 aromatic carbocycles. The minimum Gasteiger partial charge on any atom is -0.338 e. The Labute approximate surface area is 136 Å². The van der Waals surface area contributed by atoms with E-state index in [0.29, 0.717) is 24.2 Å². The van der Waals surface area contributed by atoms with Crippen LogP contribution in [0.25, 0.3) is 11.5 Å². The average Bonchev–Trinajstić information content (AvgIpc) is 2.97. The molecule has 0 aliphatic heterocycles. The summed E-state index contributed by atoms with van der Waals surface area (Å²) >= 11 is 0. The maximum absolute atomic E-state index is 11.8. The number of carbonyl (C=O) groups excluding carboxylic acids is 1. The van der Waals surface area contributed by atoms with Crippen molar-refractivity contribution in [3.8, 4) is 11.5 Å². The molecule has 0 saturated carbocycles. The van der Waals surface area contributed by atoms with Crippen LogP contribution in [-0.4, -0.2) is 22.7 Å². The zero-order valence-corrected chi connectivity index (χ0v) is 14.1. The summed E-state index contributed by atoms with van der Waals surface area (Å²) in [6, 6.07) is 7.13. The van der Waals surface area contributed by atoms with Gasteiger partial charge in [0.25, 0.3) is 5.89 Å². The summed E-state index contributed by atoms with van der Waals surface area (Å²) in [4.78, 5) is 16.1. The molecule has 0 fully saturated rings. The van der Waals surface area contributed by atoms with Crippen molar-refractivity contribution in [2.24, 2.45) is 5.92 Å². The number of hydrogen-bond acceptors (Lipinski definition) is 4. The van der Waals surface area contributed by atoms with E-state index in [1.807, 2.05) is 38.1 Å². The average molecular weight is 316 g/mol. The van der Waals surface area contributed by atoms with Gasteiger partial charge in [0.2, 0.25) is 0 Å². The molecule has 6 heteroatoms. The fourth-order valence-corrected chi connectivity index (χ4v) is 1.93. The van der Waals surface area contributed by atoms with Gasteiger partial charge in [-0.1, -0.05) is 32.9 Å². The summed E-state index contributed by atoms with van der Waals surface area (Å²) in [7, 11) is 0. The van der Waals surface area contributed by atoms with Crippen LogP contribution in [0.4, 0.5) is 10.5 Å². The zero-order chi connectivity index (χ0) is 16.8. The van der Waals surface area contributed by atoms with Gasteiger partial charge in [0.15, 0.2) is 5.82 Å². The van der Waals surface area contributed by atoms with E-state index in [0.717, 1.165) is 17.7 Å². The molecular formula is C17H24N4O2. The van der Waals surface area contributed by atoms with Crippen LogP contribution < -0.4 is 10.6 Å². The van der Waals surface area contributed by atoms with Gasteiger partial charge in [-0.05, 0) is 36.6 Å². The second kappa shape index (κ2) is 7.76. The largest absolute Gasteiger partial charge is 0.338 e. The molecule has 0 atom stereocenters. The fraction of sp³-hybridized carbons (Fsp3) is 0.471. The van der Waals surface area contributed by atoms with Gasteiger partial charge in [-0.15, -0.1) is 0 Å². The lowest BCUT2D eigenvalue weighted by atomic mass is 10.1. The van der Waals surface area contributed by atoms with Gasteiger partial charge in [-0.25, -0.2) is 4.79 Å². The second-order valence-corrected chi connectivity index (χ2v) is 6.25. The van der Waals surface area contributed by atoms with Crippen LogP contribution in [0.2, 0.25) is 0 Å². The van der Waals surface area contributed by atoms with Crippen molar-refractivity contribution in [2.75, 3.05) is 11.9 Å². The maximum atomic E-state index is 11.8. The zero-order valence-electron chi connectivity index (χ0n) is 14.1. The van der Waals surface area contributed by atoms with Crippen LogP contribution in [0.3, 0.4) is 0 Å². The van der Waals surface area contributed by atoms with Gasteiger partial charge in [0, 0.05) is 23.7 Å². The van der Waals surface area contributed by atoms with E-state index in [2.05, 4.69) is 34.6 Å². The first-order chi connectivity index (χ1) is 11.0. The van der Waals surface area contributed by atoms with E-state index in [-0.39, 0.29) is 11.9 Å². The molecule has 2 N–H and O–H groups in total. The van der Waals surface area contributed by atoms with E-state index in [4.69, 9.17) is 4.52 Å². The van der Waals surface area contributed by atoms with E-state index < -0.39 is 0 Å². The number of benzene rings is 1. The molecule has 0 saturated heterocycles. The number of aromatic nitrogens is 2. The first-order valence-corrected chi connectivity index (χ1v) is 7.94. The van der Waals surface area contributed by atoms with Gasteiger partial charge in [-0.3, -0.25) is 0 Å². The molecular weight excluding hydrogens is 292 g/mol. The van der Waals surface area contributed by atoms with Crippen molar-refractivity contribution in [3.63, 3.8) is 0 Å². The Balaban J connectivity index is 1.92. The highest BCUT2D eigenvalue weighted by Gasteiger charge is 2.11. The summed E-state index contributed by atoms with van der Waals surface area (Å²) in [5.74, 6) is 1.97. The summed E-state index contributed by atoms with van der Waals surface area (Å²) < 4.78 is 5.25. The molecule has 0 spiro atoms. The number of amides is 2. The summed E-state index contributed by atoms with van der Waals surface area (Å²) in [6.45, 7) is 8.95. The molecule has 0 unspecified atom stereocenters. The van der Waals surface area contributed by atoms with Crippen molar-refractivity contribution in [2.45, 2.75) is 40.0 Å². The number of urea groups is 1. The van der Waals surface area contributed by atoms with E-state index >= 15 is 0 Å². The third-order valence-corrected chi connectivity index (χ3v) is 3.36. The highest BCUT2D eigenvalue weighted by molar-refractivity contribution is 5.89. The molecule has 0 bridgehead atoms. The third kappa shape index (κ3) is 5.09. The Kier molecular flexibility index (Phi) is 5.73. The first-order valence-electron chi connectivity index (χ1n) is 7.94. The quantitative estimate of drug-likeness (QED) is 0.843. The normalized spacial score (nSPS) is 11.0. The topological polar surface area (TPSA) is 80.0 Å². The Morgan fingerprint density at radius 2 is 1.87 bits per heavy atom. The minimum absolute atomic E-state index is 0.196. The summed E-state index contributed by atoms with van der Waals surface area (Å²) in [6.07, 6.45) is 0.960. The summed E-state index contributed by atoms with van der Waals surface area (Å²) in [5, 5.41) is 9.58. The standard InChI is InChI=1S/C17H24N4O2/c1-11(2)9-10-18-17(22)19-14-7-5-13(6-8-14)16-20-15(12(3)4)21-23-16/h5-8,11-12H,9-10H2,1-4H3,(H2,18,19,22). The van der Waals surface area contributed by atoms with Crippen LogP contribution in [0.1, 0.15) is 45.9 Å². The predicted molar refractivity (Wildman–Crippen MR) is 90.3 cm³/mol. The summed E-state index contributed by atoms with van der Waals surface area (Å²) in [5.41, 5.74) is 1.55. The molecule has 0 aliphatic rings. The maximum Gasteiger partial charge on any atom is 0.319 e. The monoisotopic (exact) mass is 316 g/mol. The molecule has 0 radical (unpaired) electrons. The van der Waals surface area contributed by atoms with Crippen molar-refractivity contribution in [3.05, 3.63) is 30.1 Å². The highest BCUT2D eigenvalue weighted by atomic mass is 16.5. The molecule has 1 aromatic heterocycles. The predicted octanol–water partition coefficient (Wildman–Crippen LogP) is 4.03. The fourth-order valence-electron chi connectivity index (χ4n) is 1.93. The smallest absolute Gasteiger partial charge is 0.319 e. The Morgan fingerprint density at radius 1 is 1.17 bits per heavy atom. The SMILES string of the molecule is CC(C)CCNC(=O)Nc1ccc(-c2nc(C(C)C)no2)cc1. The molecule has 0 aliphatic carbocycles. The molecule has 1 heterocycles. The second-order valence-electron chi connectivity index (χ2n) is 6.25. The Bertz CT molecular complexity index is 632. The highest BCUT2D eigenvalue weighted by Crippen LogP contribution is 2.21.